The minimum Gasteiger partial charge on any atom is -0.387 e. The van der Waals surface area contributed by atoms with E-state index in [1.54, 1.807) is 11.6 Å². The second-order valence-electron chi connectivity index (χ2n) is 3.29. The molecule has 1 heterocycles. The molecule has 1 aromatic heterocycles. The number of hydrogen-bond donors (Lipinski definition) is 1. The van der Waals surface area contributed by atoms with Crippen LogP contribution >= 0.6 is 12.2 Å². The molecule has 0 amide bonds. The molecule has 0 unspecified atom stereocenters. The van der Waals surface area contributed by atoms with Gasteiger partial charge in [0.1, 0.15) is 21.2 Å². The molecule has 1 rings (SSSR count). The molecule has 0 aromatic carbocycles. The van der Waals surface area contributed by atoms with Crippen LogP contribution in [0.1, 0.15) is 19.2 Å². The third-order valence-corrected chi connectivity index (χ3v) is 4.01. The summed E-state index contributed by atoms with van der Waals surface area (Å²) in [4.78, 5) is 4.03. The summed E-state index contributed by atoms with van der Waals surface area (Å²) in [5.74, 6) is 0.641. The largest absolute Gasteiger partial charge is 0.387 e. The van der Waals surface area contributed by atoms with Gasteiger partial charge in [-0.05, 0) is 6.42 Å². The van der Waals surface area contributed by atoms with Crippen molar-refractivity contribution in [1.82, 2.24) is 14.8 Å². The van der Waals surface area contributed by atoms with Crippen LogP contribution in [0.4, 0.5) is 0 Å². The molecule has 0 aliphatic rings. The van der Waals surface area contributed by atoms with Gasteiger partial charge in [-0.2, -0.15) is 0 Å². The molecule has 0 fully saturated rings. The van der Waals surface area contributed by atoms with Crippen LogP contribution in [0.25, 0.3) is 0 Å². The first-order valence-corrected chi connectivity index (χ1v) is 7.07. The predicted octanol–water partition coefficient (Wildman–Crippen LogP) is -0.263. The van der Waals surface area contributed by atoms with E-state index in [1.165, 1.54) is 6.33 Å². The molecule has 0 spiro atoms. The predicted molar refractivity (Wildman–Crippen MR) is 64.9 cm³/mol. The Bertz CT molecular complexity index is 466. The van der Waals surface area contributed by atoms with Crippen molar-refractivity contribution in [2.75, 3.05) is 11.5 Å². The van der Waals surface area contributed by atoms with E-state index in [0.29, 0.717) is 18.8 Å². The molecule has 0 saturated heterocycles. The summed E-state index contributed by atoms with van der Waals surface area (Å²) < 4.78 is 24.0. The summed E-state index contributed by atoms with van der Waals surface area (Å²) in [6.45, 7) is 2.13. The highest BCUT2D eigenvalue weighted by Crippen LogP contribution is 1.97. The van der Waals surface area contributed by atoms with E-state index in [0.717, 1.165) is 0 Å². The van der Waals surface area contributed by atoms with E-state index in [-0.39, 0.29) is 16.5 Å². The van der Waals surface area contributed by atoms with Crippen LogP contribution in [-0.2, 0) is 16.4 Å². The summed E-state index contributed by atoms with van der Waals surface area (Å²) in [7, 11) is -2.91. The molecule has 90 valence electrons. The Balaban J connectivity index is 2.46. The van der Waals surface area contributed by atoms with E-state index in [4.69, 9.17) is 18.0 Å². The maximum atomic E-state index is 11.2. The Kier molecular flexibility index (Phi) is 4.36. The van der Waals surface area contributed by atoms with Gasteiger partial charge in [0.15, 0.2) is 0 Å². The first kappa shape index (κ1) is 13.0. The van der Waals surface area contributed by atoms with Crippen molar-refractivity contribution in [2.24, 2.45) is 5.73 Å². The fraction of sp³-hybridized carbons (Fsp3) is 0.625. The van der Waals surface area contributed by atoms with Crippen molar-refractivity contribution in [3.63, 3.8) is 0 Å². The van der Waals surface area contributed by atoms with Crippen molar-refractivity contribution in [3.05, 3.63) is 12.2 Å². The SMILES string of the molecule is CCS(=O)(=O)CCCn1cnc(C(N)=S)n1. The summed E-state index contributed by atoms with van der Waals surface area (Å²) in [6, 6.07) is 0. The number of nitrogens with two attached hydrogens (primary N) is 1. The lowest BCUT2D eigenvalue weighted by atomic mass is 10.5. The summed E-state index contributed by atoms with van der Waals surface area (Å²) in [5.41, 5.74) is 5.34. The molecule has 0 bridgehead atoms. The average Bonchev–Trinajstić information content (AvgIpc) is 2.66. The molecule has 0 aliphatic heterocycles. The molecule has 0 saturated carbocycles. The van der Waals surface area contributed by atoms with Crippen molar-refractivity contribution >= 4 is 27.0 Å². The minimum absolute atomic E-state index is 0.139. The molecule has 8 heteroatoms. The monoisotopic (exact) mass is 262 g/mol. The van der Waals surface area contributed by atoms with E-state index in [1.807, 2.05) is 0 Å². The number of sulfone groups is 1. The lowest BCUT2D eigenvalue weighted by Crippen LogP contribution is -2.14. The highest BCUT2D eigenvalue weighted by Gasteiger charge is 2.08. The van der Waals surface area contributed by atoms with Gasteiger partial charge >= 0.3 is 0 Å². The van der Waals surface area contributed by atoms with E-state index in [2.05, 4.69) is 10.1 Å². The van der Waals surface area contributed by atoms with Crippen LogP contribution in [0.5, 0.6) is 0 Å². The summed E-state index contributed by atoms with van der Waals surface area (Å²) >= 11 is 4.71. The van der Waals surface area contributed by atoms with Gasteiger partial charge in [0.25, 0.3) is 0 Å². The topological polar surface area (TPSA) is 90.9 Å². The number of rotatable bonds is 6. The zero-order valence-electron chi connectivity index (χ0n) is 8.96. The third kappa shape index (κ3) is 3.86. The van der Waals surface area contributed by atoms with Gasteiger partial charge in [0.05, 0.1) is 5.75 Å². The molecule has 2 N–H and O–H groups in total. The molecule has 0 aliphatic carbocycles. The van der Waals surface area contributed by atoms with Gasteiger partial charge in [-0.25, -0.2) is 13.4 Å². The molecule has 0 radical (unpaired) electrons. The Morgan fingerprint density at radius 1 is 1.62 bits per heavy atom. The quantitative estimate of drug-likeness (QED) is 0.710. The molecule has 0 atom stereocenters. The Labute approximate surface area is 99.8 Å². The minimum atomic E-state index is -2.91. The lowest BCUT2D eigenvalue weighted by molar-refractivity contribution is 0.572. The van der Waals surface area contributed by atoms with Crippen LogP contribution in [0.2, 0.25) is 0 Å². The average molecular weight is 262 g/mol. The molecule has 1 aromatic rings. The van der Waals surface area contributed by atoms with Crippen molar-refractivity contribution < 1.29 is 8.42 Å². The molecular weight excluding hydrogens is 248 g/mol. The van der Waals surface area contributed by atoms with E-state index < -0.39 is 9.84 Å². The van der Waals surface area contributed by atoms with Gasteiger partial charge in [-0.1, -0.05) is 19.1 Å². The number of aryl methyl sites for hydroxylation is 1. The fourth-order valence-electron chi connectivity index (χ4n) is 1.11. The van der Waals surface area contributed by atoms with Crippen LogP contribution in [-0.4, -0.2) is 39.7 Å². The normalized spacial score (nSPS) is 11.6. The van der Waals surface area contributed by atoms with Gasteiger partial charge in [0, 0.05) is 12.3 Å². The Morgan fingerprint density at radius 3 is 2.81 bits per heavy atom. The van der Waals surface area contributed by atoms with Gasteiger partial charge < -0.3 is 5.73 Å². The Morgan fingerprint density at radius 2 is 2.31 bits per heavy atom. The van der Waals surface area contributed by atoms with Crippen molar-refractivity contribution in [2.45, 2.75) is 19.9 Å². The first-order chi connectivity index (χ1) is 7.44. The standard InChI is InChI=1S/C8H14N4O2S2/c1-2-16(13,14)5-3-4-12-6-10-8(11-12)7(9)15/h6H,2-5H2,1H3,(H2,9,15). The number of nitrogens with zero attached hydrogens (tertiary/aromatic N) is 3. The number of thiocarbonyl (C=S) groups is 1. The molecule has 6 nitrogen and oxygen atoms in total. The van der Waals surface area contributed by atoms with Gasteiger partial charge in [0.2, 0.25) is 5.82 Å². The maximum absolute atomic E-state index is 11.2. The molecular formula is C8H14N4O2S2. The van der Waals surface area contributed by atoms with Crippen LogP contribution < -0.4 is 5.73 Å². The van der Waals surface area contributed by atoms with Gasteiger partial charge in [-0.3, -0.25) is 4.68 Å². The van der Waals surface area contributed by atoms with Crippen LogP contribution in [0.15, 0.2) is 6.33 Å². The van der Waals surface area contributed by atoms with Crippen LogP contribution in [0.3, 0.4) is 0 Å². The third-order valence-electron chi connectivity index (χ3n) is 2.04. The van der Waals surface area contributed by atoms with Crippen molar-refractivity contribution in [1.29, 1.82) is 0 Å². The summed E-state index contributed by atoms with van der Waals surface area (Å²) in [6.07, 6.45) is 2.00. The van der Waals surface area contributed by atoms with E-state index >= 15 is 0 Å². The second-order valence-corrected chi connectivity index (χ2v) is 6.20. The second kappa shape index (κ2) is 5.35. The van der Waals surface area contributed by atoms with E-state index in [9.17, 15) is 8.42 Å². The number of aromatic nitrogens is 3. The van der Waals surface area contributed by atoms with Gasteiger partial charge in [-0.15, -0.1) is 5.10 Å². The van der Waals surface area contributed by atoms with Crippen molar-refractivity contribution in [3.8, 4) is 0 Å². The number of hydrogen-bond acceptors (Lipinski definition) is 5. The zero-order valence-corrected chi connectivity index (χ0v) is 10.6. The maximum Gasteiger partial charge on any atom is 0.208 e. The van der Waals surface area contributed by atoms with Crippen LogP contribution in [0, 0.1) is 0 Å². The highest BCUT2D eigenvalue weighted by molar-refractivity contribution is 7.91. The summed E-state index contributed by atoms with van der Waals surface area (Å²) in [5, 5.41) is 4.00. The Hall–Kier alpha value is -1.02. The molecule has 16 heavy (non-hydrogen) atoms. The highest BCUT2D eigenvalue weighted by atomic mass is 32.2. The fourth-order valence-corrected chi connectivity index (χ4v) is 2.06. The zero-order chi connectivity index (χ0) is 12.2. The lowest BCUT2D eigenvalue weighted by Gasteiger charge is -2.01. The smallest absolute Gasteiger partial charge is 0.208 e. The first-order valence-electron chi connectivity index (χ1n) is 4.84.